The Morgan fingerprint density at radius 1 is 1.09 bits per heavy atom. The van der Waals surface area contributed by atoms with Crippen LogP contribution in [0.2, 0.25) is 0 Å². The second kappa shape index (κ2) is 6.00. The Balaban J connectivity index is 1.75. The summed E-state index contributed by atoms with van der Waals surface area (Å²) in [5.41, 5.74) is 1.94. The van der Waals surface area contributed by atoms with Gasteiger partial charge in [0.15, 0.2) is 0 Å². The number of benzene rings is 2. The van der Waals surface area contributed by atoms with Gasteiger partial charge in [-0.1, -0.05) is 12.1 Å². The summed E-state index contributed by atoms with van der Waals surface area (Å²) in [5.74, 6) is -0.637. The summed E-state index contributed by atoms with van der Waals surface area (Å²) < 4.78 is 42.1. The zero-order chi connectivity index (χ0) is 16.4. The van der Waals surface area contributed by atoms with Gasteiger partial charge in [-0.3, -0.25) is 4.79 Å². The van der Waals surface area contributed by atoms with Gasteiger partial charge in [-0.15, -0.1) is 0 Å². The third-order valence-corrected chi connectivity index (χ3v) is 4.59. The molecule has 7 heteroatoms. The Kier molecular flexibility index (Phi) is 4.04. The highest BCUT2D eigenvalue weighted by molar-refractivity contribution is 7.86. The van der Waals surface area contributed by atoms with Crippen LogP contribution >= 0.6 is 0 Å². The average Bonchev–Trinajstić information content (AvgIpc) is 2.49. The minimum Gasteiger partial charge on any atom is -0.382 e. The fourth-order valence-corrected chi connectivity index (χ4v) is 3.43. The van der Waals surface area contributed by atoms with Crippen LogP contribution in [-0.4, -0.2) is 14.3 Å². The largest absolute Gasteiger partial charge is 0.382 e. The van der Waals surface area contributed by atoms with Crippen molar-refractivity contribution in [3.63, 3.8) is 0 Å². The number of nitrogens with one attached hydrogen (secondary N) is 1. The van der Waals surface area contributed by atoms with E-state index in [2.05, 4.69) is 5.32 Å². The van der Waals surface area contributed by atoms with Gasteiger partial charge < -0.3 is 9.50 Å². The lowest BCUT2D eigenvalue weighted by Crippen LogP contribution is -2.19. The Morgan fingerprint density at radius 2 is 1.83 bits per heavy atom. The van der Waals surface area contributed by atoms with Gasteiger partial charge in [-0.2, -0.15) is 8.42 Å². The van der Waals surface area contributed by atoms with E-state index in [1.54, 1.807) is 12.1 Å². The van der Waals surface area contributed by atoms with Gasteiger partial charge in [0, 0.05) is 12.1 Å². The minimum atomic E-state index is -3.85. The van der Waals surface area contributed by atoms with Crippen molar-refractivity contribution in [3.8, 4) is 5.75 Å². The molecule has 1 amide bonds. The van der Waals surface area contributed by atoms with E-state index in [-0.39, 0.29) is 17.4 Å². The molecule has 1 N–H and O–H groups in total. The zero-order valence-electron chi connectivity index (χ0n) is 12.1. The first-order chi connectivity index (χ1) is 10.9. The number of fused-ring (bicyclic) bond motifs is 1. The quantitative estimate of drug-likeness (QED) is 0.872. The number of carbonyl (C=O) groups is 1. The lowest BCUT2D eigenvalue weighted by Gasteiger charge is -2.17. The molecule has 0 aliphatic carbocycles. The van der Waals surface area contributed by atoms with Gasteiger partial charge in [0.05, 0.1) is 0 Å². The van der Waals surface area contributed by atoms with Crippen LogP contribution in [0.1, 0.15) is 17.5 Å². The molecule has 23 heavy (non-hydrogen) atoms. The normalized spacial score (nSPS) is 14.0. The lowest BCUT2D eigenvalue weighted by molar-refractivity contribution is -0.116. The van der Waals surface area contributed by atoms with Crippen LogP contribution in [0, 0.1) is 5.82 Å². The fraction of sp³-hybridized carbons (Fsp3) is 0.188. The molecule has 120 valence electrons. The fourth-order valence-electron chi connectivity index (χ4n) is 2.37. The summed E-state index contributed by atoms with van der Waals surface area (Å²) in [6.07, 6.45) is 0.898. The molecule has 1 heterocycles. The molecule has 0 spiro atoms. The molecule has 5 nitrogen and oxygen atoms in total. The predicted octanol–water partition coefficient (Wildman–Crippen LogP) is 2.62. The maximum absolute atomic E-state index is 12.8. The van der Waals surface area contributed by atoms with E-state index in [1.807, 2.05) is 0 Å². The number of hydrogen-bond acceptors (Lipinski definition) is 4. The van der Waals surface area contributed by atoms with E-state index >= 15 is 0 Å². The molecule has 2 aromatic carbocycles. The van der Waals surface area contributed by atoms with Crippen LogP contribution < -0.4 is 9.50 Å². The maximum Gasteiger partial charge on any atom is 0.313 e. The van der Waals surface area contributed by atoms with Crippen molar-refractivity contribution in [1.82, 2.24) is 0 Å². The van der Waals surface area contributed by atoms with E-state index < -0.39 is 15.9 Å². The SMILES string of the molecule is O=C1CCc2cc(OS(=O)(=O)Cc3ccc(F)cc3)ccc2N1. The van der Waals surface area contributed by atoms with Crippen molar-refractivity contribution in [1.29, 1.82) is 0 Å². The summed E-state index contributed by atoms with van der Waals surface area (Å²) in [7, 11) is -3.85. The summed E-state index contributed by atoms with van der Waals surface area (Å²) in [5, 5.41) is 2.72. The first kappa shape index (κ1) is 15.5. The van der Waals surface area contributed by atoms with Crippen LogP contribution in [0.25, 0.3) is 0 Å². The van der Waals surface area contributed by atoms with Crippen LogP contribution in [-0.2, 0) is 27.1 Å². The predicted molar refractivity (Wildman–Crippen MR) is 83.0 cm³/mol. The molecule has 0 radical (unpaired) electrons. The first-order valence-electron chi connectivity index (χ1n) is 7.01. The molecule has 3 rings (SSSR count). The number of rotatable bonds is 4. The van der Waals surface area contributed by atoms with Gasteiger partial charge in [0.25, 0.3) is 0 Å². The molecular formula is C16H14FNO4S. The molecule has 0 aromatic heterocycles. The van der Waals surface area contributed by atoms with Crippen molar-refractivity contribution in [2.45, 2.75) is 18.6 Å². The molecule has 0 saturated carbocycles. The number of carbonyl (C=O) groups excluding carboxylic acids is 1. The Bertz CT molecular complexity index is 847. The number of halogens is 1. The Hall–Kier alpha value is -2.41. The van der Waals surface area contributed by atoms with E-state index in [4.69, 9.17) is 4.18 Å². The summed E-state index contributed by atoms with van der Waals surface area (Å²) in [4.78, 5) is 11.3. The van der Waals surface area contributed by atoms with Crippen LogP contribution in [0.15, 0.2) is 42.5 Å². The molecule has 0 bridgehead atoms. The molecule has 0 atom stereocenters. The van der Waals surface area contributed by atoms with Crippen LogP contribution in [0.4, 0.5) is 10.1 Å². The zero-order valence-corrected chi connectivity index (χ0v) is 12.9. The highest BCUT2D eigenvalue weighted by Crippen LogP contribution is 2.27. The minimum absolute atomic E-state index is 0.0601. The van der Waals surface area contributed by atoms with Gasteiger partial charge in [-0.25, -0.2) is 4.39 Å². The first-order valence-corrected chi connectivity index (χ1v) is 8.58. The molecule has 0 unspecified atom stereocenters. The topological polar surface area (TPSA) is 72.5 Å². The van der Waals surface area contributed by atoms with Crippen LogP contribution in [0.3, 0.4) is 0 Å². The molecule has 0 saturated heterocycles. The van der Waals surface area contributed by atoms with Crippen molar-refractivity contribution >= 4 is 21.7 Å². The van der Waals surface area contributed by atoms with Gasteiger partial charge in [-0.05, 0) is 47.9 Å². The Labute approximate surface area is 133 Å². The second-order valence-electron chi connectivity index (χ2n) is 5.28. The third kappa shape index (κ3) is 3.87. The smallest absolute Gasteiger partial charge is 0.313 e. The highest BCUT2D eigenvalue weighted by Gasteiger charge is 2.18. The van der Waals surface area contributed by atoms with E-state index in [9.17, 15) is 17.6 Å². The van der Waals surface area contributed by atoms with Crippen LogP contribution in [0.5, 0.6) is 5.75 Å². The van der Waals surface area contributed by atoms with E-state index in [0.717, 1.165) is 5.56 Å². The summed E-state index contributed by atoms with van der Waals surface area (Å²) in [6, 6.07) is 9.93. The van der Waals surface area contributed by atoms with Crippen molar-refractivity contribution < 1.29 is 21.8 Å². The van der Waals surface area contributed by atoms with Crippen molar-refractivity contribution in [2.75, 3.05) is 5.32 Å². The maximum atomic E-state index is 12.8. The molecule has 1 aliphatic rings. The lowest BCUT2D eigenvalue weighted by atomic mass is 10.0. The third-order valence-electron chi connectivity index (χ3n) is 3.45. The standard InChI is InChI=1S/C16H14FNO4S/c17-13-4-1-11(2-5-13)10-23(20,21)22-14-6-7-15-12(9-14)3-8-16(19)18-15/h1-2,4-7,9H,3,8,10H2,(H,18,19). The summed E-state index contributed by atoms with van der Waals surface area (Å²) >= 11 is 0. The number of aryl methyl sites for hydroxylation is 1. The number of amides is 1. The monoisotopic (exact) mass is 335 g/mol. The van der Waals surface area contributed by atoms with E-state index in [1.165, 1.54) is 30.3 Å². The molecule has 0 fully saturated rings. The average molecular weight is 335 g/mol. The van der Waals surface area contributed by atoms with Crippen molar-refractivity contribution in [2.24, 2.45) is 0 Å². The van der Waals surface area contributed by atoms with Gasteiger partial charge in [0.2, 0.25) is 5.91 Å². The van der Waals surface area contributed by atoms with Gasteiger partial charge >= 0.3 is 10.1 Å². The number of hydrogen-bond donors (Lipinski definition) is 1. The second-order valence-corrected chi connectivity index (χ2v) is 6.85. The molecular weight excluding hydrogens is 321 g/mol. The molecule has 1 aliphatic heterocycles. The van der Waals surface area contributed by atoms with Gasteiger partial charge in [0.1, 0.15) is 17.3 Å². The Morgan fingerprint density at radius 3 is 2.57 bits per heavy atom. The van der Waals surface area contributed by atoms with E-state index in [0.29, 0.717) is 24.1 Å². The molecule has 2 aromatic rings. The highest BCUT2D eigenvalue weighted by atomic mass is 32.2. The van der Waals surface area contributed by atoms with Crippen molar-refractivity contribution in [3.05, 3.63) is 59.4 Å². The summed E-state index contributed by atoms with van der Waals surface area (Å²) in [6.45, 7) is 0. The number of anilines is 1.